The Balaban J connectivity index is 0.000000631. The summed E-state index contributed by atoms with van der Waals surface area (Å²) in [5.74, 6) is 0.154. The van der Waals surface area contributed by atoms with Crippen LogP contribution in [0, 0.1) is 5.41 Å². The van der Waals surface area contributed by atoms with Gasteiger partial charge in [0.05, 0.1) is 0 Å². The van der Waals surface area contributed by atoms with Crippen molar-refractivity contribution in [3.63, 3.8) is 0 Å². The Morgan fingerprint density at radius 2 is 1.78 bits per heavy atom. The maximum absolute atomic E-state index is 9.00. The van der Waals surface area contributed by atoms with E-state index in [1.165, 1.54) is 12.8 Å². The van der Waals surface area contributed by atoms with Crippen LogP contribution >= 0.6 is 12.6 Å². The molecule has 3 nitrogen and oxygen atoms in total. The topological polar surface area (TPSA) is 46.5 Å². The summed E-state index contributed by atoms with van der Waals surface area (Å²) in [7, 11) is -1.52. The quantitative estimate of drug-likeness (QED) is 0.612. The molecule has 0 unspecified atom stereocenters. The largest absolute Gasteiger partial charge is 0.481 e. The van der Waals surface area contributed by atoms with E-state index in [1.54, 1.807) is 0 Å². The summed E-state index contributed by atoms with van der Waals surface area (Å²) in [5, 5.41) is 7.75. The van der Waals surface area contributed by atoms with Crippen LogP contribution in [-0.4, -0.2) is 31.8 Å². The summed E-state index contributed by atoms with van der Waals surface area (Å²) in [4.78, 5) is 9.00. The van der Waals surface area contributed by atoms with E-state index >= 15 is 0 Å². The van der Waals surface area contributed by atoms with Crippen LogP contribution in [0.5, 0.6) is 0 Å². The minimum Gasteiger partial charge on any atom is -0.481 e. The van der Waals surface area contributed by atoms with E-state index in [1.807, 2.05) is 0 Å². The summed E-state index contributed by atoms with van der Waals surface area (Å²) < 4.78 is 6.20. The van der Waals surface area contributed by atoms with E-state index in [9.17, 15) is 0 Å². The molecule has 1 rings (SSSR count). The average Bonchev–Trinajstić information content (AvgIpc) is 2.93. The third-order valence-corrected chi connectivity index (χ3v) is 8.99. The second-order valence-electron chi connectivity index (χ2n) is 6.73. The molecule has 1 aliphatic rings. The first-order valence-corrected chi connectivity index (χ1v) is 9.94. The summed E-state index contributed by atoms with van der Waals surface area (Å²) >= 11 is 4.40. The summed E-state index contributed by atoms with van der Waals surface area (Å²) in [6.45, 7) is 13.5. The highest BCUT2D eigenvalue weighted by Crippen LogP contribution is 2.48. The van der Waals surface area contributed by atoms with Gasteiger partial charge in [0.2, 0.25) is 0 Å². The first kappa shape index (κ1) is 18.0. The lowest BCUT2D eigenvalue weighted by Gasteiger charge is -2.37. The molecule has 0 heterocycles. The lowest BCUT2D eigenvalue weighted by atomic mass is 10.2. The molecular weight excluding hydrogens is 264 g/mol. The molecule has 1 aliphatic carbocycles. The molecule has 0 aliphatic heterocycles. The van der Waals surface area contributed by atoms with Gasteiger partial charge in [-0.05, 0) is 36.7 Å². The van der Waals surface area contributed by atoms with Crippen LogP contribution in [0.1, 0.15) is 40.5 Å². The molecule has 0 aromatic rings. The lowest BCUT2D eigenvalue weighted by molar-refractivity contribution is -0.134. The number of thiol groups is 1. The lowest BCUT2D eigenvalue weighted by Crippen LogP contribution is -2.42. The number of aliphatic carboxylic acids is 1. The van der Waals surface area contributed by atoms with Gasteiger partial charge in [0.1, 0.15) is 0 Å². The molecule has 1 N–H and O–H groups in total. The van der Waals surface area contributed by atoms with Crippen LogP contribution in [0.3, 0.4) is 0 Å². The fourth-order valence-electron chi connectivity index (χ4n) is 1.07. The Bertz CT molecular complexity index is 276. The molecule has 0 aromatic heterocycles. The summed E-state index contributed by atoms with van der Waals surface area (Å²) in [5.41, 5.74) is 0.443. The van der Waals surface area contributed by atoms with E-state index in [2.05, 4.69) is 46.5 Å². The fraction of sp³-hybridized carbons (Fsp3) is 0.923. The number of carbonyl (C=O) groups is 1. The van der Waals surface area contributed by atoms with E-state index in [0.717, 1.165) is 19.3 Å². The van der Waals surface area contributed by atoms with Gasteiger partial charge in [-0.25, -0.2) is 0 Å². The zero-order valence-electron chi connectivity index (χ0n) is 12.5. The van der Waals surface area contributed by atoms with Gasteiger partial charge >= 0.3 is 0 Å². The van der Waals surface area contributed by atoms with Crippen molar-refractivity contribution in [2.24, 2.45) is 5.41 Å². The van der Waals surface area contributed by atoms with Crippen LogP contribution in [-0.2, 0) is 9.22 Å². The van der Waals surface area contributed by atoms with E-state index in [0.29, 0.717) is 10.5 Å². The van der Waals surface area contributed by atoms with Gasteiger partial charge in [-0.15, -0.1) is 0 Å². The highest BCUT2D eigenvalue weighted by Gasteiger charge is 2.45. The van der Waals surface area contributed by atoms with Crippen molar-refractivity contribution in [2.45, 2.75) is 58.7 Å². The number of hydrogen-bond acceptors (Lipinski definition) is 3. The third kappa shape index (κ3) is 6.25. The monoisotopic (exact) mass is 292 g/mol. The van der Waals surface area contributed by atoms with Gasteiger partial charge in [0.25, 0.3) is 5.97 Å². The predicted octanol–water partition coefficient (Wildman–Crippen LogP) is 3.81. The van der Waals surface area contributed by atoms with Crippen molar-refractivity contribution >= 4 is 26.9 Å². The molecule has 1 saturated carbocycles. The van der Waals surface area contributed by atoms with Crippen molar-refractivity contribution < 1.29 is 14.3 Å². The molecule has 0 radical (unpaired) electrons. The molecule has 5 heteroatoms. The Labute approximate surface area is 118 Å². The Morgan fingerprint density at radius 3 is 2.00 bits per heavy atom. The second kappa shape index (κ2) is 6.44. The second-order valence-corrected chi connectivity index (χ2v) is 11.9. The van der Waals surface area contributed by atoms with Gasteiger partial charge in [-0.3, -0.25) is 4.79 Å². The van der Waals surface area contributed by atoms with Gasteiger partial charge < -0.3 is 9.53 Å². The molecule has 0 bridgehead atoms. The van der Waals surface area contributed by atoms with E-state index in [-0.39, 0.29) is 0 Å². The van der Waals surface area contributed by atoms with Crippen molar-refractivity contribution in [1.82, 2.24) is 0 Å². The van der Waals surface area contributed by atoms with Crippen molar-refractivity contribution in [1.29, 1.82) is 0 Å². The third-order valence-electron chi connectivity index (χ3n) is 3.84. The van der Waals surface area contributed by atoms with E-state index < -0.39 is 14.3 Å². The fourth-order valence-corrected chi connectivity index (χ4v) is 2.58. The summed E-state index contributed by atoms with van der Waals surface area (Å²) in [6.07, 6.45) is 2.62. The molecule has 0 atom stereocenters. The minimum atomic E-state index is -1.52. The van der Waals surface area contributed by atoms with Gasteiger partial charge in [0, 0.05) is 18.9 Å². The number of rotatable bonds is 4. The smallest absolute Gasteiger partial charge is 0.300 e. The van der Waals surface area contributed by atoms with Crippen molar-refractivity contribution in [3.05, 3.63) is 0 Å². The maximum atomic E-state index is 9.00. The molecule has 1 fully saturated rings. The molecule has 18 heavy (non-hydrogen) atoms. The zero-order valence-corrected chi connectivity index (χ0v) is 14.4. The highest BCUT2D eigenvalue weighted by atomic mass is 32.1. The zero-order chi connectivity index (χ0) is 14.6. The van der Waals surface area contributed by atoms with Gasteiger partial charge in [-0.2, -0.15) is 12.6 Å². The standard InChI is InChI=1S/C11H24OSSi.C2H4O2/c1-10(2,3)14(4,5)12-8-11(9-13)6-7-11;1-2(3)4/h13H,6-9H2,1-5H3;1H3,(H,3,4). The molecule has 0 amide bonds. The van der Waals surface area contributed by atoms with Crippen LogP contribution in [0.25, 0.3) is 0 Å². The van der Waals surface area contributed by atoms with E-state index in [4.69, 9.17) is 14.3 Å². The SMILES string of the molecule is CC(=O)O.CC(C)(C)[Si](C)(C)OCC1(CS)CC1. The Hall–Kier alpha value is -0.00312. The Kier molecular flexibility index (Phi) is 6.43. The van der Waals surface area contributed by atoms with Crippen LogP contribution in [0.15, 0.2) is 0 Å². The van der Waals surface area contributed by atoms with Gasteiger partial charge in [-0.1, -0.05) is 20.8 Å². The molecule has 108 valence electrons. The number of hydrogen-bond donors (Lipinski definition) is 2. The Morgan fingerprint density at radius 1 is 1.39 bits per heavy atom. The molecule has 0 saturated heterocycles. The minimum absolute atomic E-state index is 0.333. The van der Waals surface area contributed by atoms with Gasteiger partial charge in [0.15, 0.2) is 8.32 Å². The highest BCUT2D eigenvalue weighted by molar-refractivity contribution is 7.80. The van der Waals surface area contributed by atoms with Crippen molar-refractivity contribution in [2.75, 3.05) is 12.4 Å². The average molecular weight is 293 g/mol. The van der Waals surface area contributed by atoms with Crippen LogP contribution in [0.2, 0.25) is 18.1 Å². The molecular formula is C13H28O3SSi. The van der Waals surface area contributed by atoms with Crippen LogP contribution < -0.4 is 0 Å². The number of carboxylic acids is 1. The van der Waals surface area contributed by atoms with Crippen molar-refractivity contribution in [3.8, 4) is 0 Å². The van der Waals surface area contributed by atoms with Crippen LogP contribution in [0.4, 0.5) is 0 Å². The molecule has 0 aromatic carbocycles. The predicted molar refractivity (Wildman–Crippen MR) is 82.0 cm³/mol. The summed E-state index contributed by atoms with van der Waals surface area (Å²) in [6, 6.07) is 0. The maximum Gasteiger partial charge on any atom is 0.300 e. The molecule has 0 spiro atoms. The normalized spacial score (nSPS) is 17.7. The first-order valence-electron chi connectivity index (χ1n) is 6.40. The first-order chi connectivity index (χ1) is 7.96. The number of carboxylic acid groups (broad SMARTS) is 1.